The summed E-state index contributed by atoms with van der Waals surface area (Å²) in [6, 6.07) is 8.87. The number of aliphatic hydroxyl groups excluding tert-OH is 1. The number of anilines is 1. The molecule has 4 heterocycles. The van der Waals surface area contributed by atoms with Crippen LogP contribution in [-0.2, 0) is 17.8 Å². The van der Waals surface area contributed by atoms with Crippen LogP contribution in [0.3, 0.4) is 0 Å². The lowest BCUT2D eigenvalue weighted by Crippen LogP contribution is -2.56. The Labute approximate surface area is 204 Å². The molecule has 2 amide bonds. The van der Waals surface area contributed by atoms with Crippen molar-refractivity contribution in [3.05, 3.63) is 46.5 Å². The predicted octanol–water partition coefficient (Wildman–Crippen LogP) is 2.20. The summed E-state index contributed by atoms with van der Waals surface area (Å²) in [5.41, 5.74) is 2.75. The van der Waals surface area contributed by atoms with Gasteiger partial charge in [0.2, 0.25) is 5.91 Å². The standard InChI is InChI=1S/C25H33N5O3S/c1-17(31)28-11-7-20(8-12-28)27-25-26-14-23(34-25)24(33)30-13-9-21(22(32)16-30)29-10-6-18-4-2-3-5-19(18)15-29/h2-5,14,20-22,32H,6-13,15-16H2,1H3,(H,26,27)/t21-,22-/m0/s1. The highest BCUT2D eigenvalue weighted by Crippen LogP contribution is 2.28. The van der Waals surface area contributed by atoms with E-state index in [0.29, 0.717) is 18.0 Å². The summed E-state index contributed by atoms with van der Waals surface area (Å²) in [7, 11) is 0. The highest BCUT2D eigenvalue weighted by molar-refractivity contribution is 7.17. The lowest BCUT2D eigenvalue weighted by Gasteiger charge is -2.43. The molecule has 5 rings (SSSR count). The number of fused-ring (bicyclic) bond motifs is 1. The monoisotopic (exact) mass is 483 g/mol. The zero-order valence-electron chi connectivity index (χ0n) is 19.7. The number of amides is 2. The van der Waals surface area contributed by atoms with Crippen LogP contribution in [0.4, 0.5) is 5.13 Å². The Kier molecular flexibility index (Phi) is 6.85. The summed E-state index contributed by atoms with van der Waals surface area (Å²) < 4.78 is 0. The molecule has 2 saturated heterocycles. The number of carbonyl (C=O) groups excluding carboxylic acids is 2. The molecule has 2 atom stereocenters. The molecule has 0 bridgehead atoms. The topological polar surface area (TPSA) is 89.0 Å². The van der Waals surface area contributed by atoms with Crippen molar-refractivity contribution in [2.24, 2.45) is 0 Å². The Hall–Kier alpha value is -2.49. The van der Waals surface area contributed by atoms with Crippen molar-refractivity contribution in [2.45, 2.75) is 57.3 Å². The SMILES string of the molecule is CC(=O)N1CCC(Nc2ncc(C(=O)N3CC[C@H](N4CCc5ccccc5C4)[C@@H](O)C3)s2)CC1. The van der Waals surface area contributed by atoms with Crippen LogP contribution in [0.1, 0.15) is 47.0 Å². The fourth-order valence-corrected chi connectivity index (χ4v) is 6.30. The maximum absolute atomic E-state index is 13.1. The molecule has 8 nitrogen and oxygen atoms in total. The number of β-amino-alcohol motifs (C(OH)–C–C–N with tert-alkyl or cyclic N) is 1. The molecule has 2 aromatic rings. The third-order valence-electron chi connectivity index (χ3n) is 7.45. The Morgan fingerprint density at radius 2 is 1.79 bits per heavy atom. The second-order valence-electron chi connectivity index (χ2n) is 9.62. The summed E-state index contributed by atoms with van der Waals surface area (Å²) in [6.07, 6.45) is 4.62. The van der Waals surface area contributed by atoms with E-state index in [1.807, 2.05) is 4.90 Å². The summed E-state index contributed by atoms with van der Waals surface area (Å²) >= 11 is 1.37. The van der Waals surface area contributed by atoms with E-state index < -0.39 is 6.10 Å². The Morgan fingerprint density at radius 1 is 1.06 bits per heavy atom. The van der Waals surface area contributed by atoms with E-state index in [9.17, 15) is 14.7 Å². The number of aliphatic hydroxyl groups is 1. The van der Waals surface area contributed by atoms with Gasteiger partial charge in [-0.25, -0.2) is 4.98 Å². The highest BCUT2D eigenvalue weighted by atomic mass is 32.1. The Bertz CT molecular complexity index is 1040. The number of hydrogen-bond donors (Lipinski definition) is 2. The maximum atomic E-state index is 13.1. The van der Waals surface area contributed by atoms with E-state index in [4.69, 9.17) is 0 Å². The van der Waals surface area contributed by atoms with Gasteiger partial charge in [0.15, 0.2) is 5.13 Å². The van der Waals surface area contributed by atoms with Crippen LogP contribution in [0.15, 0.2) is 30.5 Å². The average molecular weight is 484 g/mol. The first-order valence-electron chi connectivity index (χ1n) is 12.2. The van der Waals surface area contributed by atoms with E-state index in [1.54, 1.807) is 18.0 Å². The van der Waals surface area contributed by atoms with E-state index in [-0.39, 0.29) is 23.9 Å². The number of likely N-dealkylation sites (tertiary alicyclic amines) is 2. The number of rotatable bonds is 4. The van der Waals surface area contributed by atoms with Crippen molar-refractivity contribution in [3.63, 3.8) is 0 Å². The summed E-state index contributed by atoms with van der Waals surface area (Å²) in [4.78, 5) is 35.6. The first-order valence-corrected chi connectivity index (χ1v) is 13.1. The minimum atomic E-state index is -0.556. The molecule has 34 heavy (non-hydrogen) atoms. The lowest BCUT2D eigenvalue weighted by atomic mass is 9.94. The van der Waals surface area contributed by atoms with Gasteiger partial charge in [0.25, 0.3) is 5.91 Å². The molecule has 182 valence electrons. The van der Waals surface area contributed by atoms with Crippen LogP contribution >= 0.6 is 11.3 Å². The van der Waals surface area contributed by atoms with Gasteiger partial charge in [0.1, 0.15) is 4.88 Å². The van der Waals surface area contributed by atoms with Crippen molar-refractivity contribution >= 4 is 28.3 Å². The van der Waals surface area contributed by atoms with E-state index in [0.717, 1.165) is 57.0 Å². The molecular weight excluding hydrogens is 450 g/mol. The number of nitrogens with zero attached hydrogens (tertiary/aromatic N) is 4. The first kappa shape index (κ1) is 23.3. The summed E-state index contributed by atoms with van der Waals surface area (Å²) in [6.45, 7) is 5.91. The Morgan fingerprint density at radius 3 is 2.53 bits per heavy atom. The van der Waals surface area contributed by atoms with Gasteiger partial charge in [-0.3, -0.25) is 14.5 Å². The highest BCUT2D eigenvalue weighted by Gasteiger charge is 2.36. The third kappa shape index (κ3) is 4.96. The quantitative estimate of drug-likeness (QED) is 0.693. The molecular formula is C25H33N5O3S. The van der Waals surface area contributed by atoms with Gasteiger partial charge in [0, 0.05) is 58.3 Å². The van der Waals surface area contributed by atoms with Crippen LogP contribution in [0.2, 0.25) is 0 Å². The second-order valence-corrected chi connectivity index (χ2v) is 10.6. The van der Waals surface area contributed by atoms with Gasteiger partial charge in [-0.1, -0.05) is 35.6 Å². The zero-order valence-corrected chi connectivity index (χ0v) is 20.5. The van der Waals surface area contributed by atoms with Crippen molar-refractivity contribution in [1.82, 2.24) is 19.7 Å². The molecule has 9 heteroatoms. The maximum Gasteiger partial charge on any atom is 0.265 e. The number of hydrogen-bond acceptors (Lipinski definition) is 7. The van der Waals surface area contributed by atoms with Crippen LogP contribution in [0, 0.1) is 0 Å². The molecule has 0 unspecified atom stereocenters. The molecule has 1 aromatic carbocycles. The van der Waals surface area contributed by atoms with E-state index in [1.165, 1.54) is 22.5 Å². The third-order valence-corrected chi connectivity index (χ3v) is 8.36. The molecule has 1 aromatic heterocycles. The number of benzene rings is 1. The van der Waals surface area contributed by atoms with Crippen molar-refractivity contribution in [1.29, 1.82) is 0 Å². The van der Waals surface area contributed by atoms with Crippen LogP contribution in [0.25, 0.3) is 0 Å². The molecule has 0 spiro atoms. The minimum Gasteiger partial charge on any atom is -0.390 e. The van der Waals surface area contributed by atoms with Crippen molar-refractivity contribution < 1.29 is 14.7 Å². The number of aromatic nitrogens is 1. The van der Waals surface area contributed by atoms with Gasteiger partial charge >= 0.3 is 0 Å². The zero-order chi connectivity index (χ0) is 23.7. The van der Waals surface area contributed by atoms with Crippen molar-refractivity contribution in [2.75, 3.05) is 38.0 Å². The van der Waals surface area contributed by atoms with Crippen LogP contribution in [0.5, 0.6) is 0 Å². The molecule has 2 fully saturated rings. The molecule has 3 aliphatic heterocycles. The average Bonchev–Trinajstić information content (AvgIpc) is 3.32. The second kappa shape index (κ2) is 10.0. The number of nitrogens with one attached hydrogen (secondary N) is 1. The molecule has 0 saturated carbocycles. The predicted molar refractivity (Wildman–Crippen MR) is 132 cm³/mol. The minimum absolute atomic E-state index is 0.0570. The number of piperidine rings is 2. The Balaban J connectivity index is 1.14. The van der Waals surface area contributed by atoms with Gasteiger partial charge in [-0.05, 0) is 36.8 Å². The number of carbonyl (C=O) groups is 2. The largest absolute Gasteiger partial charge is 0.390 e. The van der Waals surface area contributed by atoms with Gasteiger partial charge in [-0.15, -0.1) is 0 Å². The summed E-state index contributed by atoms with van der Waals surface area (Å²) in [5.74, 6) is 0.0649. The van der Waals surface area contributed by atoms with E-state index in [2.05, 4.69) is 39.5 Å². The normalized spacial score (nSPS) is 24.1. The number of thiazole rings is 1. The van der Waals surface area contributed by atoms with Crippen LogP contribution in [-0.4, -0.2) is 87.5 Å². The smallest absolute Gasteiger partial charge is 0.265 e. The molecule has 3 aliphatic rings. The first-order chi connectivity index (χ1) is 16.5. The molecule has 2 N–H and O–H groups in total. The fourth-order valence-electron chi connectivity index (χ4n) is 5.44. The van der Waals surface area contributed by atoms with E-state index >= 15 is 0 Å². The molecule has 0 radical (unpaired) electrons. The van der Waals surface area contributed by atoms with Crippen molar-refractivity contribution in [3.8, 4) is 0 Å². The van der Waals surface area contributed by atoms with Gasteiger partial charge < -0.3 is 20.2 Å². The lowest BCUT2D eigenvalue weighted by molar-refractivity contribution is -0.129. The van der Waals surface area contributed by atoms with Crippen LogP contribution < -0.4 is 5.32 Å². The molecule has 0 aliphatic carbocycles. The van der Waals surface area contributed by atoms with Gasteiger partial charge in [-0.2, -0.15) is 0 Å². The summed E-state index contributed by atoms with van der Waals surface area (Å²) in [5, 5.41) is 15.1. The van der Waals surface area contributed by atoms with Gasteiger partial charge in [0.05, 0.1) is 12.3 Å². The fraction of sp³-hybridized carbons (Fsp3) is 0.560.